The molecule has 0 saturated carbocycles. The van der Waals surface area contributed by atoms with Gasteiger partial charge < -0.3 is 15.1 Å². The number of pyridine rings is 1. The lowest BCUT2D eigenvalue weighted by molar-refractivity contribution is -0.137. The number of aromatic nitrogens is 1. The summed E-state index contributed by atoms with van der Waals surface area (Å²) in [5.74, 6) is -0.340. The van der Waals surface area contributed by atoms with E-state index in [1.165, 1.54) is 12.3 Å². The lowest BCUT2D eigenvalue weighted by Gasteiger charge is -2.29. The van der Waals surface area contributed by atoms with Crippen LogP contribution in [0.3, 0.4) is 0 Å². The van der Waals surface area contributed by atoms with Gasteiger partial charge in [0.25, 0.3) is 5.91 Å². The molecule has 1 amide bonds. The number of alkyl halides is 3. The molecule has 0 spiro atoms. The Hall–Kier alpha value is -2.74. The lowest BCUT2D eigenvalue weighted by atomic mass is 10.1. The van der Waals surface area contributed by atoms with Crippen molar-refractivity contribution in [1.29, 1.82) is 0 Å². The number of benzene rings is 1. The zero-order valence-electron chi connectivity index (χ0n) is 18.3. The molecule has 0 atom stereocenters. The number of nitrogens with one attached hydrogen (secondary N) is 1. The maximum Gasteiger partial charge on any atom is 0.419 e. The first-order valence-corrected chi connectivity index (χ1v) is 10.3. The van der Waals surface area contributed by atoms with E-state index in [4.69, 9.17) is 0 Å². The van der Waals surface area contributed by atoms with Gasteiger partial charge in [-0.15, -0.1) is 12.4 Å². The second kappa shape index (κ2) is 10.7. The van der Waals surface area contributed by atoms with Crippen molar-refractivity contribution in [3.63, 3.8) is 0 Å². The Bertz CT molecular complexity index is 945. The SMILES string of the molecule is CCN(c1ccc(NC(=O)C2=CCN(c3ncccc3C(F)(F)F)CC2)cc1)C(C)C.Cl. The highest BCUT2D eigenvalue weighted by Gasteiger charge is 2.36. The summed E-state index contributed by atoms with van der Waals surface area (Å²) in [7, 11) is 0. The fourth-order valence-electron chi connectivity index (χ4n) is 3.73. The number of hydrogen-bond acceptors (Lipinski definition) is 4. The van der Waals surface area contributed by atoms with Crippen LogP contribution in [0.1, 0.15) is 32.8 Å². The monoisotopic (exact) mass is 468 g/mol. The summed E-state index contributed by atoms with van der Waals surface area (Å²) in [4.78, 5) is 20.3. The van der Waals surface area contributed by atoms with Crippen molar-refractivity contribution < 1.29 is 18.0 Å². The molecule has 3 rings (SSSR count). The van der Waals surface area contributed by atoms with E-state index in [9.17, 15) is 18.0 Å². The maximum absolute atomic E-state index is 13.2. The molecule has 0 radical (unpaired) electrons. The standard InChI is InChI=1S/C23H27F3N4O.ClH/c1-4-30(16(2)3)19-9-7-18(8-10-19)28-22(31)17-11-14-29(15-12-17)21-20(23(24,25)26)6-5-13-27-21;/h5-11,13,16H,4,12,14-15H2,1-3H3,(H,28,31);1H. The molecular formula is C23H28ClF3N4O. The summed E-state index contributed by atoms with van der Waals surface area (Å²) in [5.41, 5.74) is 1.56. The topological polar surface area (TPSA) is 48.5 Å². The van der Waals surface area contributed by atoms with Crippen molar-refractivity contribution in [3.8, 4) is 0 Å². The van der Waals surface area contributed by atoms with Crippen LogP contribution in [-0.4, -0.2) is 36.6 Å². The minimum Gasteiger partial charge on any atom is -0.369 e. The quantitative estimate of drug-likeness (QED) is 0.605. The fourth-order valence-corrected chi connectivity index (χ4v) is 3.73. The molecule has 2 aromatic rings. The van der Waals surface area contributed by atoms with Crippen LogP contribution in [0, 0.1) is 0 Å². The maximum atomic E-state index is 13.2. The van der Waals surface area contributed by atoms with Crippen LogP contribution in [0.15, 0.2) is 54.2 Å². The van der Waals surface area contributed by atoms with Crippen molar-refractivity contribution in [2.75, 3.05) is 34.8 Å². The largest absolute Gasteiger partial charge is 0.419 e. The summed E-state index contributed by atoms with van der Waals surface area (Å²) in [6, 6.07) is 10.3. The van der Waals surface area contributed by atoms with Gasteiger partial charge in [-0.2, -0.15) is 13.2 Å². The first-order valence-electron chi connectivity index (χ1n) is 10.3. The molecule has 0 saturated heterocycles. The molecule has 32 heavy (non-hydrogen) atoms. The van der Waals surface area contributed by atoms with Gasteiger partial charge in [0.05, 0.1) is 5.56 Å². The van der Waals surface area contributed by atoms with Gasteiger partial charge in [-0.25, -0.2) is 4.98 Å². The van der Waals surface area contributed by atoms with Gasteiger partial charge in [0, 0.05) is 48.8 Å². The molecule has 1 aromatic heterocycles. The smallest absolute Gasteiger partial charge is 0.369 e. The molecule has 174 valence electrons. The molecule has 0 fully saturated rings. The first-order chi connectivity index (χ1) is 14.7. The average molecular weight is 469 g/mol. The van der Waals surface area contributed by atoms with Crippen LogP contribution < -0.4 is 15.1 Å². The Morgan fingerprint density at radius 3 is 2.44 bits per heavy atom. The molecule has 0 unspecified atom stereocenters. The van der Waals surface area contributed by atoms with Gasteiger partial charge in [0.2, 0.25) is 0 Å². The third-order valence-electron chi connectivity index (χ3n) is 5.31. The number of halogens is 4. The highest BCUT2D eigenvalue weighted by atomic mass is 35.5. The van der Waals surface area contributed by atoms with E-state index in [0.717, 1.165) is 18.3 Å². The second-order valence-corrected chi connectivity index (χ2v) is 7.68. The van der Waals surface area contributed by atoms with Crippen LogP contribution in [0.5, 0.6) is 0 Å². The molecule has 1 aromatic carbocycles. The van der Waals surface area contributed by atoms with E-state index >= 15 is 0 Å². The Morgan fingerprint density at radius 1 is 1.22 bits per heavy atom. The molecule has 5 nitrogen and oxygen atoms in total. The highest BCUT2D eigenvalue weighted by Crippen LogP contribution is 2.35. The summed E-state index contributed by atoms with van der Waals surface area (Å²) >= 11 is 0. The Morgan fingerprint density at radius 2 is 1.91 bits per heavy atom. The second-order valence-electron chi connectivity index (χ2n) is 7.68. The van der Waals surface area contributed by atoms with Gasteiger partial charge >= 0.3 is 6.18 Å². The van der Waals surface area contributed by atoms with Gasteiger partial charge in [-0.3, -0.25) is 4.79 Å². The van der Waals surface area contributed by atoms with E-state index in [2.05, 4.69) is 36.0 Å². The predicted molar refractivity (Wildman–Crippen MR) is 125 cm³/mol. The van der Waals surface area contributed by atoms with Gasteiger partial charge in [0.15, 0.2) is 0 Å². The number of hydrogen-bond donors (Lipinski definition) is 1. The number of carbonyl (C=O) groups is 1. The molecule has 0 aliphatic carbocycles. The lowest BCUT2D eigenvalue weighted by Crippen LogP contribution is -2.33. The van der Waals surface area contributed by atoms with Crippen molar-refractivity contribution in [2.24, 2.45) is 0 Å². The van der Waals surface area contributed by atoms with Crippen molar-refractivity contribution in [2.45, 2.75) is 39.4 Å². The number of nitrogens with zero attached hydrogens (tertiary/aromatic N) is 3. The highest BCUT2D eigenvalue weighted by molar-refractivity contribution is 6.04. The third kappa shape index (κ3) is 5.94. The first kappa shape index (κ1) is 25.5. The minimum atomic E-state index is -4.47. The van der Waals surface area contributed by atoms with Gasteiger partial charge in [0.1, 0.15) is 5.82 Å². The zero-order valence-corrected chi connectivity index (χ0v) is 19.1. The van der Waals surface area contributed by atoms with Gasteiger partial charge in [-0.1, -0.05) is 6.08 Å². The summed E-state index contributed by atoms with van der Waals surface area (Å²) in [6.07, 6.45) is -1.12. The minimum absolute atomic E-state index is 0. The fraction of sp³-hybridized carbons (Fsp3) is 0.391. The molecule has 0 bridgehead atoms. The van der Waals surface area contributed by atoms with E-state index in [1.807, 2.05) is 24.3 Å². The molecule has 1 aliphatic rings. The van der Waals surface area contributed by atoms with Crippen molar-refractivity contribution in [3.05, 3.63) is 59.8 Å². The summed E-state index contributed by atoms with van der Waals surface area (Å²) < 4.78 is 39.7. The number of amides is 1. The van der Waals surface area contributed by atoms with E-state index in [0.29, 0.717) is 23.7 Å². The molecule has 1 aliphatic heterocycles. The molecule has 9 heteroatoms. The average Bonchev–Trinajstić information content (AvgIpc) is 2.75. The Balaban J connectivity index is 0.00000363. The molecule has 1 N–H and O–H groups in total. The van der Waals surface area contributed by atoms with Crippen LogP contribution in [0.2, 0.25) is 0 Å². The van der Waals surface area contributed by atoms with Crippen molar-refractivity contribution >= 4 is 35.5 Å². The number of rotatable bonds is 6. The van der Waals surface area contributed by atoms with Crippen LogP contribution in [0.25, 0.3) is 0 Å². The van der Waals surface area contributed by atoms with Crippen LogP contribution >= 0.6 is 12.4 Å². The zero-order chi connectivity index (χ0) is 22.6. The Kier molecular flexibility index (Phi) is 8.55. The van der Waals surface area contributed by atoms with E-state index < -0.39 is 11.7 Å². The number of anilines is 3. The van der Waals surface area contributed by atoms with Crippen LogP contribution in [-0.2, 0) is 11.0 Å². The third-order valence-corrected chi connectivity index (χ3v) is 5.31. The Labute approximate surface area is 192 Å². The van der Waals surface area contributed by atoms with Crippen LogP contribution in [0.4, 0.5) is 30.4 Å². The summed E-state index contributed by atoms with van der Waals surface area (Å²) in [6.45, 7) is 7.72. The van der Waals surface area contributed by atoms with E-state index in [-0.39, 0.29) is 37.2 Å². The molecule has 2 heterocycles. The normalized spacial score (nSPS) is 14.0. The van der Waals surface area contributed by atoms with Gasteiger partial charge in [-0.05, 0) is 63.6 Å². The predicted octanol–water partition coefficient (Wildman–Crippen LogP) is 5.53. The van der Waals surface area contributed by atoms with E-state index in [1.54, 1.807) is 11.0 Å². The summed E-state index contributed by atoms with van der Waals surface area (Å²) in [5, 5.41) is 2.88. The molecular weight excluding hydrogens is 441 g/mol. The van der Waals surface area contributed by atoms with Crippen molar-refractivity contribution in [1.82, 2.24) is 4.98 Å². The number of carbonyl (C=O) groups excluding carboxylic acids is 1.